The minimum absolute atomic E-state index is 0.0139. The molecule has 100 valence electrons. The third-order valence-electron chi connectivity index (χ3n) is 4.51. The van der Waals surface area contributed by atoms with Crippen molar-refractivity contribution in [3.05, 3.63) is 46.6 Å². The molecule has 0 fully saturated rings. The van der Waals surface area contributed by atoms with Crippen LogP contribution in [0.25, 0.3) is 0 Å². The molecular weight excluding hydrogens is 256 g/mol. The summed E-state index contributed by atoms with van der Waals surface area (Å²) in [6.45, 7) is 0. The molecule has 4 aliphatic rings. The van der Waals surface area contributed by atoms with Crippen LogP contribution in [-0.4, -0.2) is 21.8 Å². The van der Waals surface area contributed by atoms with Gasteiger partial charge < -0.3 is 10.2 Å². The highest BCUT2D eigenvalue weighted by molar-refractivity contribution is 6.24. The van der Waals surface area contributed by atoms with Gasteiger partial charge in [-0.25, -0.2) is 0 Å². The van der Waals surface area contributed by atoms with Gasteiger partial charge in [0.15, 0.2) is 11.6 Å². The fraction of sp³-hybridized carbons (Fsp3) is 0.250. The summed E-state index contributed by atoms with van der Waals surface area (Å²) in [5, 5.41) is 20.9. The maximum Gasteiger partial charge on any atom is 0.190 e. The van der Waals surface area contributed by atoms with Gasteiger partial charge in [0.2, 0.25) is 0 Å². The molecule has 4 nitrogen and oxygen atoms in total. The van der Waals surface area contributed by atoms with Crippen molar-refractivity contribution < 1.29 is 19.8 Å². The molecule has 0 saturated heterocycles. The molecule has 1 aromatic rings. The average Bonchev–Trinajstić information content (AvgIpc) is 2.47. The van der Waals surface area contributed by atoms with Crippen LogP contribution in [-0.2, 0) is 0 Å². The molecular formula is C16H12O4. The van der Waals surface area contributed by atoms with E-state index in [0.29, 0.717) is 11.1 Å². The summed E-state index contributed by atoms with van der Waals surface area (Å²) in [6.07, 6.45) is 8.08. The molecule has 0 heterocycles. The van der Waals surface area contributed by atoms with Crippen LogP contribution in [0.4, 0.5) is 0 Å². The summed E-state index contributed by atoms with van der Waals surface area (Å²) in [6, 6.07) is 0. The van der Waals surface area contributed by atoms with Crippen molar-refractivity contribution in [3.63, 3.8) is 0 Å². The highest BCUT2D eigenvalue weighted by atomic mass is 16.3. The van der Waals surface area contributed by atoms with Gasteiger partial charge in [0, 0.05) is 23.0 Å². The van der Waals surface area contributed by atoms with Gasteiger partial charge in [0.05, 0.1) is 11.1 Å². The zero-order valence-corrected chi connectivity index (χ0v) is 10.6. The Hall–Kier alpha value is -2.36. The standard InChI is InChI=1S/C16H12O4/c17-9-5-6-10(18)14-13(9)15(19)11-7-1-2-8(4-3-7)12(11)16(14)20/h1-2,5-8,19-20H,3-4H2. The number of carbonyl (C=O) groups is 2. The van der Waals surface area contributed by atoms with E-state index < -0.39 is 11.6 Å². The number of aromatic hydroxyl groups is 2. The van der Waals surface area contributed by atoms with Crippen molar-refractivity contribution in [1.29, 1.82) is 0 Å². The Morgan fingerprint density at radius 3 is 1.55 bits per heavy atom. The molecule has 20 heavy (non-hydrogen) atoms. The molecule has 0 amide bonds. The predicted octanol–water partition coefficient (Wildman–Crippen LogP) is 2.56. The average molecular weight is 268 g/mol. The topological polar surface area (TPSA) is 74.6 Å². The van der Waals surface area contributed by atoms with E-state index in [1.54, 1.807) is 0 Å². The Morgan fingerprint density at radius 2 is 1.20 bits per heavy atom. The third-order valence-corrected chi connectivity index (χ3v) is 4.51. The number of phenols is 2. The maximum absolute atomic E-state index is 12.0. The summed E-state index contributed by atoms with van der Waals surface area (Å²) in [4.78, 5) is 23.9. The number of benzene rings is 1. The molecule has 0 spiro atoms. The van der Waals surface area contributed by atoms with Crippen LogP contribution in [0.3, 0.4) is 0 Å². The van der Waals surface area contributed by atoms with Gasteiger partial charge in [-0.05, 0) is 25.0 Å². The molecule has 2 N–H and O–H groups in total. The van der Waals surface area contributed by atoms with Crippen LogP contribution >= 0.6 is 0 Å². The monoisotopic (exact) mass is 268 g/mol. The van der Waals surface area contributed by atoms with Crippen LogP contribution in [0.2, 0.25) is 0 Å². The highest BCUT2D eigenvalue weighted by Crippen LogP contribution is 2.54. The first-order valence-corrected chi connectivity index (χ1v) is 6.66. The Balaban J connectivity index is 2.13. The van der Waals surface area contributed by atoms with Crippen LogP contribution in [0.1, 0.15) is 56.5 Å². The molecule has 5 rings (SSSR count). The number of allylic oxidation sites excluding steroid dienone is 4. The lowest BCUT2D eigenvalue weighted by Crippen LogP contribution is -2.22. The Morgan fingerprint density at radius 1 is 0.800 bits per heavy atom. The number of ketones is 2. The molecule has 4 aliphatic carbocycles. The van der Waals surface area contributed by atoms with Crippen molar-refractivity contribution in [2.75, 3.05) is 0 Å². The van der Waals surface area contributed by atoms with Gasteiger partial charge in [-0.1, -0.05) is 12.2 Å². The molecule has 1 aromatic carbocycles. The summed E-state index contributed by atoms with van der Waals surface area (Å²) in [5.74, 6) is -1.09. The van der Waals surface area contributed by atoms with Crippen LogP contribution in [0, 0.1) is 0 Å². The van der Waals surface area contributed by atoms with Crippen molar-refractivity contribution in [2.45, 2.75) is 24.7 Å². The molecule has 0 radical (unpaired) electrons. The lowest BCUT2D eigenvalue weighted by Gasteiger charge is -2.36. The molecule has 0 aliphatic heterocycles. The minimum Gasteiger partial charge on any atom is -0.507 e. The normalized spacial score (nSPS) is 25.8. The predicted molar refractivity (Wildman–Crippen MR) is 71.4 cm³/mol. The number of phenolic OH excluding ortho intramolecular Hbond substituents is 2. The van der Waals surface area contributed by atoms with E-state index in [1.807, 2.05) is 12.2 Å². The van der Waals surface area contributed by atoms with Crippen molar-refractivity contribution in [1.82, 2.24) is 0 Å². The van der Waals surface area contributed by atoms with Crippen molar-refractivity contribution in [2.24, 2.45) is 0 Å². The number of hydrogen-bond donors (Lipinski definition) is 2. The number of fused-ring (bicyclic) bond motifs is 2. The lowest BCUT2D eigenvalue weighted by molar-refractivity contribution is 0.0988. The maximum atomic E-state index is 12.0. The Bertz CT molecular complexity index is 679. The number of carbonyl (C=O) groups excluding carboxylic acids is 2. The summed E-state index contributed by atoms with van der Waals surface area (Å²) < 4.78 is 0. The fourth-order valence-corrected chi connectivity index (χ4v) is 3.61. The van der Waals surface area contributed by atoms with Crippen molar-refractivity contribution >= 4 is 11.6 Å². The van der Waals surface area contributed by atoms with E-state index >= 15 is 0 Å². The van der Waals surface area contributed by atoms with E-state index in [0.717, 1.165) is 25.0 Å². The summed E-state index contributed by atoms with van der Waals surface area (Å²) >= 11 is 0. The number of rotatable bonds is 0. The Kier molecular flexibility index (Phi) is 2.06. The first-order chi connectivity index (χ1) is 9.59. The molecule has 0 aromatic heterocycles. The largest absolute Gasteiger partial charge is 0.507 e. The van der Waals surface area contributed by atoms with E-state index in [4.69, 9.17) is 0 Å². The minimum atomic E-state index is -0.430. The Labute approximate surface area is 115 Å². The summed E-state index contributed by atoms with van der Waals surface area (Å²) in [5.41, 5.74) is 1.15. The van der Waals surface area contributed by atoms with Gasteiger partial charge in [-0.3, -0.25) is 9.59 Å². The van der Waals surface area contributed by atoms with Gasteiger partial charge in [-0.15, -0.1) is 0 Å². The zero-order chi connectivity index (χ0) is 14.0. The third kappa shape index (κ3) is 1.21. The van der Waals surface area contributed by atoms with E-state index in [2.05, 4.69) is 0 Å². The van der Waals surface area contributed by atoms with E-state index in [1.165, 1.54) is 0 Å². The van der Waals surface area contributed by atoms with E-state index in [9.17, 15) is 19.8 Å². The lowest BCUT2D eigenvalue weighted by atomic mass is 9.68. The van der Waals surface area contributed by atoms with Gasteiger partial charge in [-0.2, -0.15) is 0 Å². The smallest absolute Gasteiger partial charge is 0.190 e. The molecule has 2 bridgehead atoms. The van der Waals surface area contributed by atoms with Crippen LogP contribution in [0.15, 0.2) is 24.3 Å². The molecule has 2 unspecified atom stereocenters. The first-order valence-electron chi connectivity index (χ1n) is 6.66. The second-order valence-corrected chi connectivity index (χ2v) is 5.51. The molecule has 2 atom stereocenters. The quantitative estimate of drug-likeness (QED) is 0.560. The molecule has 0 saturated carbocycles. The van der Waals surface area contributed by atoms with Crippen molar-refractivity contribution in [3.8, 4) is 11.5 Å². The number of hydrogen-bond acceptors (Lipinski definition) is 4. The second kappa shape index (κ2) is 3.60. The first kappa shape index (κ1) is 11.5. The SMILES string of the molecule is O=C1C=CC(=O)c2c(O)c3c(c(O)c21)C1C=CC3CC1. The highest BCUT2D eigenvalue weighted by Gasteiger charge is 2.39. The summed E-state index contributed by atoms with van der Waals surface area (Å²) in [7, 11) is 0. The van der Waals surface area contributed by atoms with Gasteiger partial charge in [0.1, 0.15) is 11.5 Å². The van der Waals surface area contributed by atoms with Crippen LogP contribution < -0.4 is 0 Å². The van der Waals surface area contributed by atoms with Crippen LogP contribution in [0.5, 0.6) is 11.5 Å². The van der Waals surface area contributed by atoms with Gasteiger partial charge >= 0.3 is 0 Å². The molecule has 4 heteroatoms. The second-order valence-electron chi connectivity index (χ2n) is 5.51. The van der Waals surface area contributed by atoms with Gasteiger partial charge in [0.25, 0.3) is 0 Å². The fourth-order valence-electron chi connectivity index (χ4n) is 3.61. The van der Waals surface area contributed by atoms with E-state index in [-0.39, 0.29) is 34.5 Å². The zero-order valence-electron chi connectivity index (χ0n) is 10.6.